The summed E-state index contributed by atoms with van der Waals surface area (Å²) in [5.41, 5.74) is 7.80. The van der Waals surface area contributed by atoms with E-state index in [2.05, 4.69) is 43.9 Å². The van der Waals surface area contributed by atoms with Crippen molar-refractivity contribution in [2.75, 3.05) is 20.3 Å². The van der Waals surface area contributed by atoms with Gasteiger partial charge in [0.15, 0.2) is 23.0 Å². The van der Waals surface area contributed by atoms with Gasteiger partial charge in [0.1, 0.15) is 41.7 Å². The van der Waals surface area contributed by atoms with Crippen molar-refractivity contribution in [1.29, 1.82) is 0 Å². The fraction of sp³-hybridized carbons (Fsp3) is 0.333. The lowest BCUT2D eigenvalue weighted by Crippen LogP contribution is -2.56. The maximum atomic E-state index is 13.4. The summed E-state index contributed by atoms with van der Waals surface area (Å²) in [6, 6.07) is 39.6. The molecule has 38 heteroatoms. The number of fused-ring (bicyclic) bond motifs is 4. The van der Waals surface area contributed by atoms with Gasteiger partial charge in [-0.25, -0.2) is 43.3 Å². The zero-order valence-corrected chi connectivity index (χ0v) is 75.1. The number of esters is 3. The summed E-state index contributed by atoms with van der Waals surface area (Å²) in [5.74, 6) is -4.21. The molecule has 0 amide bonds. The van der Waals surface area contributed by atoms with Gasteiger partial charge in [-0.3, -0.25) is 9.59 Å². The third-order valence-electron chi connectivity index (χ3n) is 17.5. The number of nitrogens with one attached hydrogen (secondary N) is 3. The van der Waals surface area contributed by atoms with Crippen molar-refractivity contribution in [2.24, 2.45) is 5.73 Å². The topological polar surface area (TPSA) is 374 Å². The van der Waals surface area contributed by atoms with E-state index in [1.54, 1.807) is 65.8 Å². The largest absolute Gasteiger partial charge is 0.505 e. The first-order valence-electron chi connectivity index (χ1n) is 35.1. The molecule has 0 saturated heterocycles. The first kappa shape index (κ1) is 96.7. The molecule has 24 nitrogen and oxygen atoms in total. The zero-order chi connectivity index (χ0) is 86.6. The Hall–Kier alpha value is -6.43. The Balaban J connectivity index is 0.000000204. The number of alkyl halides is 1. The van der Waals surface area contributed by atoms with Gasteiger partial charge in [0.05, 0.1) is 52.6 Å². The molecule has 8 aromatic carbocycles. The minimum atomic E-state index is -4.33. The lowest BCUT2D eigenvalue weighted by atomic mass is 9.97. The normalized spacial score (nSPS) is 15.0. The second kappa shape index (κ2) is 40.3. The number of halogens is 10. The van der Waals surface area contributed by atoms with Crippen LogP contribution >= 0.6 is 119 Å². The zero-order valence-electron chi connectivity index (χ0n) is 63.4. The van der Waals surface area contributed by atoms with Crippen molar-refractivity contribution in [2.45, 2.75) is 166 Å². The number of ether oxygens (including phenoxy) is 5. The Bertz CT molecular complexity index is 5380. The summed E-state index contributed by atoms with van der Waals surface area (Å²) in [5, 5.41) is 29.3. The highest BCUT2D eigenvalue weighted by atomic mass is 79.9. The minimum Gasteiger partial charge on any atom is -0.505 e. The third kappa shape index (κ3) is 24.4. The summed E-state index contributed by atoms with van der Waals surface area (Å²) in [6.45, 7) is 14.7. The van der Waals surface area contributed by atoms with Gasteiger partial charge in [-0.15, -0.1) is 0 Å². The molecule has 0 aromatic heterocycles. The van der Waals surface area contributed by atoms with Crippen molar-refractivity contribution in [3.05, 3.63) is 230 Å². The number of carbonyl (C=O) groups excluding carboxylic acids is 3. The number of carboxylic acids is 1. The number of phenolic OH excluding ortho intramolecular Hbond substituents is 2. The second-order valence-electron chi connectivity index (χ2n) is 27.6. The van der Waals surface area contributed by atoms with Crippen molar-refractivity contribution in [3.63, 3.8) is 0 Å². The van der Waals surface area contributed by atoms with E-state index in [9.17, 15) is 68.2 Å². The van der Waals surface area contributed by atoms with Crippen LogP contribution in [0.2, 0.25) is 40.2 Å². The molecule has 4 aliphatic rings. The molecule has 0 saturated carbocycles. The van der Waals surface area contributed by atoms with Crippen LogP contribution in [-0.2, 0) is 124 Å². The summed E-state index contributed by atoms with van der Waals surface area (Å²) < 4.78 is 135. The fourth-order valence-electron chi connectivity index (χ4n) is 12.7. The van der Waals surface area contributed by atoms with E-state index in [0.29, 0.717) is 17.7 Å². The molecular weight excluding hydrogens is 1840 g/mol. The molecule has 0 heterocycles. The number of rotatable bonds is 20. The molecule has 0 aliphatic heterocycles. The first-order valence-corrected chi connectivity index (χ1v) is 45.8. The molecule has 4 aliphatic carbocycles. The SMILES string of the molecule is CC(C)Br.CC(C)Oc1c(Cl)cc(Cl)cc1S(=O)(=O)NC1(C(=O)O)Cc2ccccc2C1.CCOC(=O)C1(NS(=O)(=O)c2cc(Cl)cc(Cl)c2O)Cc2ccccc2C1.CCOC(=O)C1(NS(=O)(=O)c2cc(Cl)cc(Cl)c2OC(C)C)Cc2ccccc2C1.COC(=O)C1(N)Cc2ccccc2C1.O=S(=O)(Cl)c1cc(Cl)cc(Cl)c1O. The Morgan fingerprint density at radius 2 is 0.681 bits per heavy atom. The highest BCUT2D eigenvalue weighted by Gasteiger charge is 2.52. The highest BCUT2D eigenvalue weighted by molar-refractivity contribution is 9.09. The maximum Gasteiger partial charge on any atom is 0.328 e. The van der Waals surface area contributed by atoms with Crippen LogP contribution in [0, 0.1) is 0 Å². The van der Waals surface area contributed by atoms with Crippen LogP contribution in [0.4, 0.5) is 0 Å². The Labute approximate surface area is 726 Å². The van der Waals surface area contributed by atoms with Crippen molar-refractivity contribution in [3.8, 4) is 23.0 Å². The van der Waals surface area contributed by atoms with E-state index >= 15 is 0 Å². The smallest absolute Gasteiger partial charge is 0.328 e. The molecule has 0 radical (unpaired) electrons. The number of carbonyl (C=O) groups is 4. The summed E-state index contributed by atoms with van der Waals surface area (Å²) in [6.07, 6.45) is 1.17. The number of nitrogens with two attached hydrogens (primary N) is 1. The average molecular weight is 1920 g/mol. The van der Waals surface area contributed by atoms with E-state index in [4.69, 9.17) is 133 Å². The number of phenols is 2. The van der Waals surface area contributed by atoms with E-state index in [1.807, 2.05) is 72.8 Å². The number of aromatic hydroxyl groups is 2. The fourth-order valence-corrected chi connectivity index (χ4v) is 20.8. The molecule has 0 bridgehead atoms. The summed E-state index contributed by atoms with van der Waals surface area (Å²) in [7, 11) is -10.5. The van der Waals surface area contributed by atoms with Crippen molar-refractivity contribution < 1.29 is 91.9 Å². The quantitative estimate of drug-likeness (QED) is 0.0161. The monoisotopic (exact) mass is 1920 g/mol. The predicted octanol–water partition coefficient (Wildman–Crippen LogP) is 16.0. The molecule has 12 rings (SSSR count). The summed E-state index contributed by atoms with van der Waals surface area (Å²) >= 11 is 50.4. The Kier molecular flexibility index (Phi) is 33.6. The molecule has 628 valence electrons. The van der Waals surface area contributed by atoms with Crippen LogP contribution < -0.4 is 29.4 Å². The molecule has 8 aromatic rings. The molecule has 0 spiro atoms. The third-order valence-corrected chi connectivity index (χ3v) is 25.5. The van der Waals surface area contributed by atoms with Gasteiger partial charge >= 0.3 is 23.9 Å². The van der Waals surface area contributed by atoms with Crippen LogP contribution in [0.25, 0.3) is 0 Å². The van der Waals surface area contributed by atoms with Gasteiger partial charge in [-0.2, -0.15) is 14.2 Å². The van der Waals surface area contributed by atoms with E-state index in [-0.39, 0.29) is 131 Å². The number of aliphatic carboxylic acids is 1. The number of methoxy groups -OCH3 is 1. The van der Waals surface area contributed by atoms with Gasteiger partial charge in [-0.05, 0) is 135 Å². The molecule has 0 unspecified atom stereocenters. The van der Waals surface area contributed by atoms with Gasteiger partial charge in [0.25, 0.3) is 9.05 Å². The van der Waals surface area contributed by atoms with Crippen LogP contribution in [0.1, 0.15) is 99.9 Å². The minimum absolute atomic E-state index is 0.0157. The molecule has 0 fully saturated rings. The average Bonchev–Trinajstić information content (AvgIpc) is 1.55. The number of sulfonamides is 3. The second-order valence-corrected chi connectivity index (χ2v) is 40.3. The molecule has 116 heavy (non-hydrogen) atoms. The van der Waals surface area contributed by atoms with E-state index in [1.165, 1.54) is 43.5 Å². The van der Waals surface area contributed by atoms with E-state index in [0.717, 1.165) is 56.6 Å². The first-order chi connectivity index (χ1) is 54.0. The number of hydrogen-bond acceptors (Lipinski definition) is 20. The van der Waals surface area contributed by atoms with Crippen molar-refractivity contribution in [1.82, 2.24) is 14.2 Å². The maximum absolute atomic E-state index is 13.4. The lowest BCUT2D eigenvalue weighted by Gasteiger charge is -2.28. The Morgan fingerprint density at radius 3 is 0.957 bits per heavy atom. The molecule has 0 atom stereocenters. The van der Waals surface area contributed by atoms with Crippen molar-refractivity contribution >= 4 is 182 Å². The van der Waals surface area contributed by atoms with Crippen LogP contribution in [0.5, 0.6) is 23.0 Å². The number of benzene rings is 8. The molecule has 8 N–H and O–H groups in total. The highest BCUT2D eigenvalue weighted by Crippen LogP contribution is 2.44. The number of hydrogen-bond donors (Lipinski definition) is 7. The Morgan fingerprint density at radius 1 is 0.431 bits per heavy atom. The molecular formula is C78H82BrCl9N4O20S4. The number of carboxylic acid groups (broad SMARTS) is 1. The predicted molar refractivity (Wildman–Crippen MR) is 452 cm³/mol. The summed E-state index contributed by atoms with van der Waals surface area (Å²) in [4.78, 5) is 48.3. The van der Waals surface area contributed by atoms with Crippen LogP contribution in [0.15, 0.2) is 165 Å². The standard InChI is InChI=1S/C21H23Cl2NO5S.C19H19Cl2NO5S.C18H17Cl2NO5S.C11H13NO2.C6H3Cl3O3S.C3H7Br/c1-4-28-20(25)21(11-14-7-5-6-8-15(14)12-21)24-30(26,27)18-10-16(22)9-17(23)19(18)29-13(2)3;1-11(2)27-17-15(21)7-14(20)8-16(17)28(25,26)22-19(18(23)24)9-12-5-3-4-6-13(12)10-19;1-2-26-17(23)18(9-11-5-3-4-6-12(11)10-18)21-27(24,25)15-8-13(19)7-14(20)16(15)22;1-14-10(13)11(12)6-8-4-2-3-5-9(8)7-11;7-3-1-4(8)6(10)5(2-3)13(9,11)12;1-3(2)4/h5-10,13,24H,4,11-12H2,1-3H3;3-8,11,22H,9-10H2,1-2H3,(H,23,24);3-8,21-22H,2,9-10H2,1H3;2-5H,6-7,12H2,1H3;1-2,10H;3H,1-2H3. The van der Waals surface area contributed by atoms with E-state index < -0.39 is 100 Å². The van der Waals surface area contributed by atoms with Gasteiger partial charge in [0, 0.05) is 87.0 Å². The van der Waals surface area contributed by atoms with Gasteiger partial charge in [0.2, 0.25) is 30.1 Å². The van der Waals surface area contributed by atoms with Crippen LogP contribution in [-0.4, -0.2) is 132 Å². The van der Waals surface area contributed by atoms with Gasteiger partial charge in [-0.1, -0.05) is 220 Å². The van der Waals surface area contributed by atoms with Crippen LogP contribution in [0.3, 0.4) is 0 Å². The van der Waals surface area contributed by atoms with Gasteiger partial charge < -0.3 is 44.7 Å². The lowest BCUT2D eigenvalue weighted by molar-refractivity contribution is -0.150.